The number of nitrogen functional groups attached to an aromatic ring is 1. The molecular formula is C20H24N4O2. The summed E-state index contributed by atoms with van der Waals surface area (Å²) in [7, 11) is 0. The average molecular weight is 352 g/mol. The van der Waals surface area contributed by atoms with Gasteiger partial charge in [-0.25, -0.2) is 0 Å². The summed E-state index contributed by atoms with van der Waals surface area (Å²) >= 11 is 0. The Kier molecular flexibility index (Phi) is 5.41. The van der Waals surface area contributed by atoms with Gasteiger partial charge < -0.3 is 21.3 Å². The van der Waals surface area contributed by atoms with Gasteiger partial charge in [-0.05, 0) is 56.2 Å². The van der Waals surface area contributed by atoms with E-state index in [1.807, 2.05) is 24.3 Å². The van der Waals surface area contributed by atoms with Crippen molar-refractivity contribution in [3.05, 3.63) is 54.1 Å². The molecule has 0 saturated carbocycles. The maximum Gasteiger partial charge on any atom is 0.251 e. The second-order valence-corrected chi connectivity index (χ2v) is 6.55. The minimum absolute atomic E-state index is 0.263. The third kappa shape index (κ3) is 4.33. The van der Waals surface area contributed by atoms with Crippen LogP contribution >= 0.6 is 0 Å². The summed E-state index contributed by atoms with van der Waals surface area (Å²) < 4.78 is 0. The van der Waals surface area contributed by atoms with Crippen LogP contribution in [0.15, 0.2) is 48.5 Å². The Morgan fingerprint density at radius 3 is 2.54 bits per heavy atom. The third-order valence-corrected chi connectivity index (χ3v) is 4.47. The first kappa shape index (κ1) is 17.8. The van der Waals surface area contributed by atoms with Crippen molar-refractivity contribution >= 4 is 28.9 Å². The minimum atomic E-state index is -0.667. The normalized spacial score (nSPS) is 14.7. The molecule has 0 aromatic heterocycles. The molecule has 2 amide bonds. The van der Waals surface area contributed by atoms with Crippen molar-refractivity contribution in [3.63, 3.8) is 0 Å². The summed E-state index contributed by atoms with van der Waals surface area (Å²) in [5, 5.41) is 5.56. The SMILES string of the molecule is CC(NC(=O)c1cccc(N)c1)C(=O)Nc1cccc(N2CCCC2)c1. The average Bonchev–Trinajstić information content (AvgIpc) is 3.16. The standard InChI is InChI=1S/C20H24N4O2/c1-14(22-20(26)15-6-4-7-16(21)12-15)19(25)23-17-8-5-9-18(13-17)24-10-2-3-11-24/h4-9,12-14H,2-3,10-11,21H2,1H3,(H,22,26)(H,23,25). The van der Waals surface area contributed by atoms with E-state index in [0.717, 1.165) is 24.5 Å². The lowest BCUT2D eigenvalue weighted by molar-refractivity contribution is -0.117. The molecular weight excluding hydrogens is 328 g/mol. The topological polar surface area (TPSA) is 87.5 Å². The highest BCUT2D eigenvalue weighted by Gasteiger charge is 2.18. The predicted octanol–water partition coefficient (Wildman–Crippen LogP) is 2.63. The molecule has 1 fully saturated rings. The molecule has 0 aliphatic carbocycles. The van der Waals surface area contributed by atoms with E-state index in [1.165, 1.54) is 12.8 Å². The van der Waals surface area contributed by atoms with Crippen LogP contribution < -0.4 is 21.3 Å². The Bertz CT molecular complexity index is 800. The number of anilines is 3. The molecule has 0 radical (unpaired) electrons. The van der Waals surface area contributed by atoms with Crippen LogP contribution in [0.25, 0.3) is 0 Å². The van der Waals surface area contributed by atoms with Gasteiger partial charge in [-0.15, -0.1) is 0 Å². The molecule has 2 aromatic rings. The Hall–Kier alpha value is -3.02. The lowest BCUT2D eigenvalue weighted by atomic mass is 10.1. The van der Waals surface area contributed by atoms with E-state index in [1.54, 1.807) is 31.2 Å². The van der Waals surface area contributed by atoms with E-state index in [2.05, 4.69) is 15.5 Å². The van der Waals surface area contributed by atoms with Gasteiger partial charge in [0.15, 0.2) is 0 Å². The van der Waals surface area contributed by atoms with Crippen LogP contribution in [0.1, 0.15) is 30.1 Å². The van der Waals surface area contributed by atoms with Gasteiger partial charge in [-0.1, -0.05) is 12.1 Å². The Morgan fingerprint density at radius 1 is 1.08 bits per heavy atom. The molecule has 0 bridgehead atoms. The van der Waals surface area contributed by atoms with Gasteiger partial charge in [0.25, 0.3) is 5.91 Å². The number of nitrogens with zero attached hydrogens (tertiary/aromatic N) is 1. The van der Waals surface area contributed by atoms with Crippen LogP contribution in [0.4, 0.5) is 17.1 Å². The molecule has 1 aliphatic rings. The number of benzene rings is 2. The molecule has 6 heteroatoms. The summed E-state index contributed by atoms with van der Waals surface area (Å²) in [6.45, 7) is 3.75. The predicted molar refractivity (Wildman–Crippen MR) is 104 cm³/mol. The molecule has 136 valence electrons. The number of nitrogens with one attached hydrogen (secondary N) is 2. The summed E-state index contributed by atoms with van der Waals surface area (Å²) in [6, 6.07) is 13.8. The van der Waals surface area contributed by atoms with Crippen LogP contribution in [-0.4, -0.2) is 30.9 Å². The van der Waals surface area contributed by atoms with Crippen LogP contribution in [0, 0.1) is 0 Å². The van der Waals surface area contributed by atoms with E-state index >= 15 is 0 Å². The number of carbonyl (C=O) groups excluding carboxylic acids is 2. The van der Waals surface area contributed by atoms with Crippen molar-refractivity contribution in [1.82, 2.24) is 5.32 Å². The lowest BCUT2D eigenvalue weighted by Gasteiger charge is -2.19. The Labute approximate surface area is 153 Å². The molecule has 1 aliphatic heterocycles. The molecule has 4 N–H and O–H groups in total. The van der Waals surface area contributed by atoms with E-state index in [4.69, 9.17) is 5.73 Å². The highest BCUT2D eigenvalue weighted by atomic mass is 16.2. The second-order valence-electron chi connectivity index (χ2n) is 6.55. The largest absolute Gasteiger partial charge is 0.399 e. The maximum atomic E-state index is 12.4. The fourth-order valence-electron chi connectivity index (χ4n) is 3.03. The van der Waals surface area contributed by atoms with Gasteiger partial charge in [-0.3, -0.25) is 9.59 Å². The second kappa shape index (κ2) is 7.91. The monoisotopic (exact) mass is 352 g/mol. The molecule has 2 aromatic carbocycles. The fourth-order valence-corrected chi connectivity index (χ4v) is 3.03. The van der Waals surface area contributed by atoms with Crippen molar-refractivity contribution in [1.29, 1.82) is 0 Å². The van der Waals surface area contributed by atoms with Gasteiger partial charge in [0.1, 0.15) is 6.04 Å². The summed E-state index contributed by atoms with van der Waals surface area (Å²) in [4.78, 5) is 27.0. The number of nitrogens with two attached hydrogens (primary N) is 1. The lowest BCUT2D eigenvalue weighted by Crippen LogP contribution is -2.41. The minimum Gasteiger partial charge on any atom is -0.399 e. The smallest absolute Gasteiger partial charge is 0.251 e. The maximum absolute atomic E-state index is 12.4. The summed E-state index contributed by atoms with van der Waals surface area (Å²) in [5.41, 5.74) is 8.47. The van der Waals surface area contributed by atoms with Gasteiger partial charge in [-0.2, -0.15) is 0 Å². The van der Waals surface area contributed by atoms with Crippen molar-refractivity contribution in [2.45, 2.75) is 25.8 Å². The number of carbonyl (C=O) groups is 2. The third-order valence-electron chi connectivity index (χ3n) is 4.47. The quantitative estimate of drug-likeness (QED) is 0.722. The van der Waals surface area contributed by atoms with Gasteiger partial charge >= 0.3 is 0 Å². The summed E-state index contributed by atoms with van der Waals surface area (Å²) in [5.74, 6) is -0.591. The van der Waals surface area contributed by atoms with Crippen molar-refractivity contribution < 1.29 is 9.59 Å². The molecule has 1 atom stereocenters. The number of hydrogen-bond acceptors (Lipinski definition) is 4. The number of hydrogen-bond donors (Lipinski definition) is 3. The Balaban J connectivity index is 1.60. The molecule has 3 rings (SSSR count). The van der Waals surface area contributed by atoms with E-state index in [0.29, 0.717) is 11.3 Å². The first-order valence-corrected chi connectivity index (χ1v) is 8.85. The van der Waals surface area contributed by atoms with Crippen molar-refractivity contribution in [2.24, 2.45) is 0 Å². The highest BCUT2D eigenvalue weighted by molar-refractivity contribution is 6.01. The van der Waals surface area contributed by atoms with Gasteiger partial charge in [0.2, 0.25) is 5.91 Å². The zero-order chi connectivity index (χ0) is 18.5. The van der Waals surface area contributed by atoms with Gasteiger partial charge in [0.05, 0.1) is 0 Å². The van der Waals surface area contributed by atoms with Gasteiger partial charge in [0, 0.05) is 35.7 Å². The molecule has 26 heavy (non-hydrogen) atoms. The van der Waals surface area contributed by atoms with E-state index in [-0.39, 0.29) is 11.8 Å². The van der Waals surface area contributed by atoms with E-state index in [9.17, 15) is 9.59 Å². The number of amides is 2. The highest BCUT2D eigenvalue weighted by Crippen LogP contribution is 2.23. The summed E-state index contributed by atoms with van der Waals surface area (Å²) in [6.07, 6.45) is 2.40. The zero-order valence-corrected chi connectivity index (χ0v) is 14.9. The molecule has 6 nitrogen and oxygen atoms in total. The molecule has 1 unspecified atom stereocenters. The Morgan fingerprint density at radius 2 is 1.81 bits per heavy atom. The van der Waals surface area contributed by atoms with Crippen LogP contribution in [0.5, 0.6) is 0 Å². The zero-order valence-electron chi connectivity index (χ0n) is 14.9. The molecule has 1 heterocycles. The van der Waals surface area contributed by atoms with Crippen molar-refractivity contribution in [2.75, 3.05) is 29.0 Å². The van der Waals surface area contributed by atoms with Crippen LogP contribution in [-0.2, 0) is 4.79 Å². The van der Waals surface area contributed by atoms with Crippen molar-refractivity contribution in [3.8, 4) is 0 Å². The molecule has 1 saturated heterocycles. The first-order chi connectivity index (χ1) is 12.5. The van der Waals surface area contributed by atoms with Crippen LogP contribution in [0.3, 0.4) is 0 Å². The first-order valence-electron chi connectivity index (χ1n) is 8.85. The number of rotatable bonds is 5. The van der Waals surface area contributed by atoms with Crippen LogP contribution in [0.2, 0.25) is 0 Å². The van der Waals surface area contributed by atoms with E-state index < -0.39 is 6.04 Å². The molecule has 0 spiro atoms. The fraction of sp³-hybridized carbons (Fsp3) is 0.300.